The number of nitrogens with zero attached hydrogens (tertiary/aromatic N) is 2. The lowest BCUT2D eigenvalue weighted by atomic mass is 10.1. The van der Waals surface area contributed by atoms with Gasteiger partial charge in [0.05, 0.1) is 20.3 Å². The Morgan fingerprint density at radius 1 is 1.27 bits per heavy atom. The SMILES string of the molecule is CON(CCN1CCOCC1)C(C)(C)C. The zero-order chi connectivity index (χ0) is 11.3. The van der Waals surface area contributed by atoms with Crippen LogP contribution in [0.25, 0.3) is 0 Å². The lowest BCUT2D eigenvalue weighted by molar-refractivity contribution is -0.189. The highest BCUT2D eigenvalue weighted by atomic mass is 16.7. The molecule has 1 fully saturated rings. The van der Waals surface area contributed by atoms with E-state index < -0.39 is 0 Å². The Morgan fingerprint density at radius 2 is 1.87 bits per heavy atom. The molecule has 1 rings (SSSR count). The van der Waals surface area contributed by atoms with Crippen LogP contribution in [0.3, 0.4) is 0 Å². The molecule has 0 radical (unpaired) electrons. The lowest BCUT2D eigenvalue weighted by Crippen LogP contribution is -2.46. The summed E-state index contributed by atoms with van der Waals surface area (Å²) in [4.78, 5) is 7.80. The van der Waals surface area contributed by atoms with Crippen molar-refractivity contribution in [1.82, 2.24) is 9.96 Å². The van der Waals surface area contributed by atoms with Crippen molar-refractivity contribution >= 4 is 0 Å². The van der Waals surface area contributed by atoms with E-state index in [1.54, 1.807) is 7.11 Å². The molecule has 0 aliphatic carbocycles. The van der Waals surface area contributed by atoms with Crippen LogP contribution >= 0.6 is 0 Å². The standard InChI is InChI=1S/C11H24N2O2/c1-11(2,3)13(14-4)6-5-12-7-9-15-10-8-12/h5-10H2,1-4H3. The maximum absolute atomic E-state index is 5.38. The second-order valence-electron chi connectivity index (χ2n) is 4.91. The number of ether oxygens (including phenoxy) is 1. The summed E-state index contributed by atoms with van der Waals surface area (Å²) in [6, 6.07) is 0. The molecule has 1 saturated heterocycles. The van der Waals surface area contributed by atoms with Crippen molar-refractivity contribution in [2.24, 2.45) is 0 Å². The highest BCUT2D eigenvalue weighted by Crippen LogP contribution is 2.12. The monoisotopic (exact) mass is 216 g/mol. The van der Waals surface area contributed by atoms with Gasteiger partial charge in [-0.2, -0.15) is 5.06 Å². The highest BCUT2D eigenvalue weighted by molar-refractivity contribution is 4.71. The summed E-state index contributed by atoms with van der Waals surface area (Å²) in [5, 5.41) is 2.03. The fraction of sp³-hybridized carbons (Fsp3) is 1.00. The summed E-state index contributed by atoms with van der Waals surface area (Å²) in [6.07, 6.45) is 0. The second kappa shape index (κ2) is 5.80. The predicted molar refractivity (Wildman–Crippen MR) is 60.7 cm³/mol. The lowest BCUT2D eigenvalue weighted by Gasteiger charge is -2.35. The van der Waals surface area contributed by atoms with Gasteiger partial charge in [0.15, 0.2) is 0 Å². The predicted octanol–water partition coefficient (Wildman–Crippen LogP) is 0.980. The van der Waals surface area contributed by atoms with Crippen LogP contribution in [0.1, 0.15) is 20.8 Å². The molecular weight excluding hydrogens is 192 g/mol. The van der Waals surface area contributed by atoms with Gasteiger partial charge < -0.3 is 9.57 Å². The van der Waals surface area contributed by atoms with Crippen LogP contribution in [0, 0.1) is 0 Å². The van der Waals surface area contributed by atoms with E-state index in [0.29, 0.717) is 0 Å². The topological polar surface area (TPSA) is 24.9 Å². The number of morpholine rings is 1. The normalized spacial score (nSPS) is 19.8. The molecule has 1 heterocycles. The number of hydrogen-bond acceptors (Lipinski definition) is 4. The zero-order valence-electron chi connectivity index (χ0n) is 10.5. The Balaban J connectivity index is 2.27. The second-order valence-corrected chi connectivity index (χ2v) is 4.91. The van der Waals surface area contributed by atoms with E-state index in [-0.39, 0.29) is 5.54 Å². The summed E-state index contributed by atoms with van der Waals surface area (Å²) >= 11 is 0. The first-order valence-electron chi connectivity index (χ1n) is 5.66. The van der Waals surface area contributed by atoms with Gasteiger partial charge in [0, 0.05) is 31.7 Å². The Morgan fingerprint density at radius 3 is 2.33 bits per heavy atom. The Hall–Kier alpha value is -0.160. The Kier molecular flexibility index (Phi) is 4.99. The minimum atomic E-state index is 0.0705. The van der Waals surface area contributed by atoms with Crippen LogP contribution in [0.15, 0.2) is 0 Å². The van der Waals surface area contributed by atoms with Gasteiger partial charge in [-0.3, -0.25) is 4.90 Å². The van der Waals surface area contributed by atoms with Crippen LogP contribution in [0.5, 0.6) is 0 Å². The summed E-state index contributed by atoms with van der Waals surface area (Å²) in [5.74, 6) is 0. The third kappa shape index (κ3) is 4.47. The van der Waals surface area contributed by atoms with Crippen molar-refractivity contribution in [1.29, 1.82) is 0 Å². The molecule has 0 aromatic rings. The molecular formula is C11H24N2O2. The minimum Gasteiger partial charge on any atom is -0.379 e. The van der Waals surface area contributed by atoms with Crippen LogP contribution in [-0.2, 0) is 9.57 Å². The van der Waals surface area contributed by atoms with Gasteiger partial charge in [0.25, 0.3) is 0 Å². The number of rotatable bonds is 4. The van der Waals surface area contributed by atoms with E-state index in [4.69, 9.17) is 9.57 Å². The van der Waals surface area contributed by atoms with Gasteiger partial charge in [-0.25, -0.2) is 0 Å². The van der Waals surface area contributed by atoms with Crippen molar-refractivity contribution in [2.75, 3.05) is 46.5 Å². The first kappa shape index (κ1) is 12.9. The molecule has 90 valence electrons. The molecule has 0 aromatic carbocycles. The highest BCUT2D eigenvalue weighted by Gasteiger charge is 2.22. The van der Waals surface area contributed by atoms with Gasteiger partial charge in [0.2, 0.25) is 0 Å². The molecule has 0 saturated carbocycles. The summed E-state index contributed by atoms with van der Waals surface area (Å²) in [5.41, 5.74) is 0.0705. The number of hydrogen-bond donors (Lipinski definition) is 0. The maximum Gasteiger partial charge on any atom is 0.0594 e. The van der Waals surface area contributed by atoms with Gasteiger partial charge in [0.1, 0.15) is 0 Å². The molecule has 1 aliphatic heterocycles. The first-order valence-corrected chi connectivity index (χ1v) is 5.66. The molecule has 0 amide bonds. The van der Waals surface area contributed by atoms with Crippen molar-refractivity contribution in [3.63, 3.8) is 0 Å². The summed E-state index contributed by atoms with van der Waals surface area (Å²) < 4.78 is 5.31. The summed E-state index contributed by atoms with van der Waals surface area (Å²) in [6.45, 7) is 12.3. The van der Waals surface area contributed by atoms with Crippen molar-refractivity contribution in [3.05, 3.63) is 0 Å². The third-order valence-corrected chi connectivity index (χ3v) is 2.69. The smallest absolute Gasteiger partial charge is 0.0594 e. The maximum atomic E-state index is 5.38. The fourth-order valence-electron chi connectivity index (χ4n) is 1.76. The minimum absolute atomic E-state index is 0.0705. The zero-order valence-corrected chi connectivity index (χ0v) is 10.5. The molecule has 4 nitrogen and oxygen atoms in total. The van der Waals surface area contributed by atoms with E-state index >= 15 is 0 Å². The van der Waals surface area contributed by atoms with Gasteiger partial charge in [-0.15, -0.1) is 0 Å². The van der Waals surface area contributed by atoms with E-state index in [9.17, 15) is 0 Å². The van der Waals surface area contributed by atoms with Gasteiger partial charge in [-0.1, -0.05) is 0 Å². The van der Waals surface area contributed by atoms with Crippen molar-refractivity contribution in [3.8, 4) is 0 Å². The van der Waals surface area contributed by atoms with E-state index in [2.05, 4.69) is 25.7 Å². The van der Waals surface area contributed by atoms with Crippen molar-refractivity contribution < 1.29 is 9.57 Å². The van der Waals surface area contributed by atoms with Gasteiger partial charge >= 0.3 is 0 Å². The summed E-state index contributed by atoms with van der Waals surface area (Å²) in [7, 11) is 1.74. The molecule has 0 spiro atoms. The quantitative estimate of drug-likeness (QED) is 0.654. The van der Waals surface area contributed by atoms with Crippen LogP contribution < -0.4 is 0 Å². The molecule has 0 atom stereocenters. The largest absolute Gasteiger partial charge is 0.379 e. The fourth-order valence-corrected chi connectivity index (χ4v) is 1.76. The van der Waals surface area contributed by atoms with Gasteiger partial charge in [-0.05, 0) is 20.8 Å². The van der Waals surface area contributed by atoms with Crippen LogP contribution in [-0.4, -0.2) is 62.0 Å². The van der Waals surface area contributed by atoms with E-state index in [0.717, 1.165) is 39.4 Å². The van der Waals surface area contributed by atoms with Crippen molar-refractivity contribution in [2.45, 2.75) is 26.3 Å². The number of hydroxylamine groups is 2. The van der Waals surface area contributed by atoms with E-state index in [1.165, 1.54) is 0 Å². The molecule has 0 bridgehead atoms. The molecule has 0 aromatic heterocycles. The molecule has 1 aliphatic rings. The van der Waals surface area contributed by atoms with Crippen LogP contribution in [0.2, 0.25) is 0 Å². The molecule has 0 N–H and O–H groups in total. The first-order chi connectivity index (χ1) is 7.04. The van der Waals surface area contributed by atoms with Crippen LogP contribution in [0.4, 0.5) is 0 Å². The molecule has 4 heteroatoms. The molecule has 15 heavy (non-hydrogen) atoms. The molecule has 0 unspecified atom stereocenters. The average Bonchev–Trinajstić information content (AvgIpc) is 2.18. The Bertz CT molecular complexity index is 174. The van der Waals surface area contributed by atoms with E-state index in [1.807, 2.05) is 5.06 Å². The Labute approximate surface area is 93.1 Å². The average molecular weight is 216 g/mol. The third-order valence-electron chi connectivity index (χ3n) is 2.69.